The summed E-state index contributed by atoms with van der Waals surface area (Å²) in [4.78, 5) is 19.0. The van der Waals surface area contributed by atoms with Gasteiger partial charge in [0.05, 0.1) is 5.69 Å². The smallest absolute Gasteiger partial charge is 0.267 e. The highest BCUT2D eigenvalue weighted by atomic mass is 32.1. The van der Waals surface area contributed by atoms with Crippen molar-refractivity contribution in [3.63, 3.8) is 0 Å². The van der Waals surface area contributed by atoms with Crippen LogP contribution in [0, 0.1) is 13.8 Å². The second kappa shape index (κ2) is 6.15. The third-order valence-corrected chi connectivity index (χ3v) is 6.04. The van der Waals surface area contributed by atoms with Crippen LogP contribution in [0.4, 0.5) is 11.4 Å². The molecule has 0 aliphatic heterocycles. The van der Waals surface area contributed by atoms with E-state index >= 15 is 0 Å². The molecule has 4 rings (SSSR count). The molecule has 0 saturated carbocycles. The number of amides is 1. The van der Waals surface area contributed by atoms with Crippen LogP contribution in [0.15, 0.2) is 24.3 Å². The van der Waals surface area contributed by atoms with E-state index in [1.165, 1.54) is 35.4 Å². The van der Waals surface area contributed by atoms with Crippen LogP contribution < -0.4 is 11.1 Å². The van der Waals surface area contributed by atoms with E-state index in [1.54, 1.807) is 0 Å². The molecule has 0 saturated heterocycles. The molecule has 1 aliphatic carbocycles. The zero-order valence-corrected chi connectivity index (χ0v) is 15.3. The Balaban J connectivity index is 1.73. The molecule has 2 aromatic heterocycles. The number of hydrogen-bond donors (Lipinski definition) is 2. The number of nitrogens with two attached hydrogens (primary N) is 1. The fraction of sp³-hybridized carbons (Fsp3) is 0.300. The Morgan fingerprint density at radius 3 is 2.68 bits per heavy atom. The summed E-state index contributed by atoms with van der Waals surface area (Å²) < 4.78 is 0. The van der Waals surface area contributed by atoms with E-state index in [-0.39, 0.29) is 5.91 Å². The molecule has 0 spiro atoms. The highest BCUT2D eigenvalue weighted by Crippen LogP contribution is 2.36. The van der Waals surface area contributed by atoms with Crippen molar-refractivity contribution in [3.05, 3.63) is 51.5 Å². The molecule has 128 valence electrons. The zero-order chi connectivity index (χ0) is 17.6. The van der Waals surface area contributed by atoms with Gasteiger partial charge >= 0.3 is 0 Å². The SMILES string of the molecule is Cc1cccc(C)c1NC(=O)c1sc2nc3c(cc2c1N)CCCC3. The Bertz CT molecular complexity index is 970. The first-order valence-electron chi connectivity index (χ1n) is 8.63. The second-order valence-electron chi connectivity index (χ2n) is 6.72. The number of aromatic nitrogens is 1. The Labute approximate surface area is 151 Å². The normalized spacial score (nSPS) is 13.7. The van der Waals surface area contributed by atoms with Crippen LogP contribution in [0.3, 0.4) is 0 Å². The Kier molecular flexibility index (Phi) is 3.96. The largest absolute Gasteiger partial charge is 0.397 e. The number of anilines is 2. The van der Waals surface area contributed by atoms with Crippen molar-refractivity contribution < 1.29 is 4.79 Å². The van der Waals surface area contributed by atoms with Gasteiger partial charge < -0.3 is 11.1 Å². The van der Waals surface area contributed by atoms with Gasteiger partial charge in [-0.15, -0.1) is 11.3 Å². The van der Waals surface area contributed by atoms with Crippen molar-refractivity contribution in [1.82, 2.24) is 4.98 Å². The molecule has 0 fully saturated rings. The van der Waals surface area contributed by atoms with E-state index in [0.29, 0.717) is 10.6 Å². The Morgan fingerprint density at radius 1 is 1.20 bits per heavy atom. The van der Waals surface area contributed by atoms with Crippen molar-refractivity contribution in [3.8, 4) is 0 Å². The number of fused-ring (bicyclic) bond motifs is 2. The summed E-state index contributed by atoms with van der Waals surface area (Å²) in [5, 5.41) is 3.94. The van der Waals surface area contributed by atoms with Crippen LogP contribution in [0.1, 0.15) is 44.9 Å². The number of carbonyl (C=O) groups excluding carboxylic acids is 1. The van der Waals surface area contributed by atoms with Crippen LogP contribution in [-0.4, -0.2) is 10.9 Å². The van der Waals surface area contributed by atoms with Gasteiger partial charge in [0, 0.05) is 16.8 Å². The maximum absolute atomic E-state index is 12.8. The molecule has 3 N–H and O–H groups in total. The molecule has 0 atom stereocenters. The van der Waals surface area contributed by atoms with Crippen molar-refractivity contribution in [1.29, 1.82) is 0 Å². The number of carbonyl (C=O) groups is 1. The van der Waals surface area contributed by atoms with Gasteiger partial charge in [-0.2, -0.15) is 0 Å². The summed E-state index contributed by atoms with van der Waals surface area (Å²) in [6, 6.07) is 8.11. The van der Waals surface area contributed by atoms with Gasteiger partial charge in [-0.1, -0.05) is 18.2 Å². The number of nitrogen functional groups attached to an aromatic ring is 1. The summed E-state index contributed by atoms with van der Waals surface area (Å²) in [5.74, 6) is -0.157. The number of benzene rings is 1. The lowest BCUT2D eigenvalue weighted by Crippen LogP contribution is -2.13. The van der Waals surface area contributed by atoms with E-state index < -0.39 is 0 Å². The molecular formula is C20H21N3OS. The number of hydrogen-bond acceptors (Lipinski definition) is 4. The molecule has 5 heteroatoms. The van der Waals surface area contributed by atoms with Crippen molar-refractivity contribution in [2.75, 3.05) is 11.1 Å². The van der Waals surface area contributed by atoms with E-state index in [1.807, 2.05) is 32.0 Å². The molecule has 4 nitrogen and oxygen atoms in total. The summed E-state index contributed by atoms with van der Waals surface area (Å²) in [6.45, 7) is 3.99. The Morgan fingerprint density at radius 2 is 1.92 bits per heavy atom. The maximum atomic E-state index is 12.8. The molecule has 25 heavy (non-hydrogen) atoms. The van der Waals surface area contributed by atoms with Crippen molar-refractivity contribution in [2.45, 2.75) is 39.5 Å². The number of para-hydroxylation sites is 1. The van der Waals surface area contributed by atoms with Gasteiger partial charge in [-0.3, -0.25) is 4.79 Å². The minimum Gasteiger partial charge on any atom is -0.397 e. The second-order valence-corrected chi connectivity index (χ2v) is 7.72. The van der Waals surface area contributed by atoms with Crippen LogP contribution in [0.5, 0.6) is 0 Å². The summed E-state index contributed by atoms with van der Waals surface area (Å²) in [7, 11) is 0. The number of thiophene rings is 1. The van der Waals surface area contributed by atoms with E-state index in [0.717, 1.165) is 39.9 Å². The molecule has 0 bridgehead atoms. The molecule has 3 aromatic rings. The minimum atomic E-state index is -0.157. The molecule has 2 heterocycles. The van der Waals surface area contributed by atoms with Gasteiger partial charge in [-0.25, -0.2) is 4.98 Å². The van der Waals surface area contributed by atoms with Crippen molar-refractivity contribution >= 4 is 38.8 Å². The Hall–Kier alpha value is -2.40. The first-order chi connectivity index (χ1) is 12.0. The minimum absolute atomic E-state index is 0.157. The number of aryl methyl sites for hydroxylation is 4. The zero-order valence-electron chi connectivity index (χ0n) is 14.5. The first kappa shape index (κ1) is 16.1. The topological polar surface area (TPSA) is 68.0 Å². The lowest BCUT2D eigenvalue weighted by atomic mass is 9.95. The standard InChI is InChI=1S/C20H21N3OS/c1-11-6-5-7-12(2)17(11)23-19(24)18-16(21)14-10-13-8-3-4-9-15(13)22-20(14)25-18/h5-7,10H,3-4,8-9,21H2,1-2H3,(H,23,24). The maximum Gasteiger partial charge on any atom is 0.267 e. The van der Waals surface area contributed by atoms with Gasteiger partial charge in [0.2, 0.25) is 0 Å². The van der Waals surface area contributed by atoms with E-state index in [4.69, 9.17) is 10.7 Å². The molecule has 0 unspecified atom stereocenters. The van der Waals surface area contributed by atoms with Gasteiger partial charge in [-0.05, 0) is 62.3 Å². The number of nitrogens with one attached hydrogen (secondary N) is 1. The fourth-order valence-corrected chi connectivity index (χ4v) is 4.50. The van der Waals surface area contributed by atoms with Crippen molar-refractivity contribution in [2.24, 2.45) is 0 Å². The summed E-state index contributed by atoms with van der Waals surface area (Å²) in [6.07, 6.45) is 4.46. The molecule has 1 amide bonds. The molecule has 0 radical (unpaired) electrons. The monoisotopic (exact) mass is 351 g/mol. The van der Waals surface area contributed by atoms with Gasteiger partial charge in [0.1, 0.15) is 9.71 Å². The molecular weight excluding hydrogens is 330 g/mol. The number of nitrogens with zero attached hydrogens (tertiary/aromatic N) is 1. The molecule has 1 aromatic carbocycles. The van der Waals surface area contributed by atoms with E-state index in [9.17, 15) is 4.79 Å². The lowest BCUT2D eigenvalue weighted by molar-refractivity contribution is 0.103. The van der Waals surface area contributed by atoms with Gasteiger partial charge in [0.25, 0.3) is 5.91 Å². The fourth-order valence-electron chi connectivity index (χ4n) is 3.51. The third kappa shape index (κ3) is 2.78. The number of pyridine rings is 1. The summed E-state index contributed by atoms with van der Waals surface area (Å²) in [5.41, 5.74) is 12.3. The van der Waals surface area contributed by atoms with Gasteiger partial charge in [0.15, 0.2) is 0 Å². The molecule has 1 aliphatic rings. The van der Waals surface area contributed by atoms with Crippen LogP contribution in [0.25, 0.3) is 10.2 Å². The summed E-state index contributed by atoms with van der Waals surface area (Å²) >= 11 is 1.39. The third-order valence-electron chi connectivity index (χ3n) is 4.93. The first-order valence-corrected chi connectivity index (χ1v) is 9.44. The van der Waals surface area contributed by atoms with Crippen LogP contribution >= 0.6 is 11.3 Å². The highest BCUT2D eigenvalue weighted by molar-refractivity contribution is 7.21. The number of rotatable bonds is 2. The lowest BCUT2D eigenvalue weighted by Gasteiger charge is -2.14. The predicted molar refractivity (Wildman–Crippen MR) is 105 cm³/mol. The predicted octanol–water partition coefficient (Wildman–Crippen LogP) is 4.63. The van der Waals surface area contributed by atoms with E-state index in [2.05, 4.69) is 11.4 Å². The van der Waals surface area contributed by atoms with Crippen LogP contribution in [-0.2, 0) is 12.8 Å². The highest BCUT2D eigenvalue weighted by Gasteiger charge is 2.21. The average molecular weight is 351 g/mol. The van der Waals surface area contributed by atoms with Crippen LogP contribution in [0.2, 0.25) is 0 Å². The average Bonchev–Trinajstić information content (AvgIpc) is 2.92. The quantitative estimate of drug-likeness (QED) is 0.707.